The van der Waals surface area contributed by atoms with Crippen LogP contribution in [0, 0.1) is 5.82 Å². The molecular formula is C12H16ClFO2S. The zero-order valence-corrected chi connectivity index (χ0v) is 11.7. The van der Waals surface area contributed by atoms with Gasteiger partial charge in [0.25, 0.3) is 0 Å². The second-order valence-electron chi connectivity index (χ2n) is 5.06. The van der Waals surface area contributed by atoms with Crippen molar-refractivity contribution in [3.05, 3.63) is 35.1 Å². The maximum absolute atomic E-state index is 13.8. The standard InChI is InChI=1S/C12H16ClFO2S/c1-12(2,3)10-5-4-9(8-11(10)14)6-7-17(13,15)16/h4-5,8H,6-7H2,1-3H3. The molecule has 1 aromatic rings. The van der Waals surface area contributed by atoms with E-state index >= 15 is 0 Å². The lowest BCUT2D eigenvalue weighted by Crippen LogP contribution is -2.14. The molecule has 0 aliphatic rings. The molecule has 17 heavy (non-hydrogen) atoms. The number of benzene rings is 1. The van der Waals surface area contributed by atoms with E-state index in [2.05, 4.69) is 0 Å². The molecule has 0 aromatic heterocycles. The fourth-order valence-electron chi connectivity index (χ4n) is 1.56. The first-order chi connectivity index (χ1) is 7.59. The maximum atomic E-state index is 13.8. The summed E-state index contributed by atoms with van der Waals surface area (Å²) >= 11 is 0. The van der Waals surface area contributed by atoms with Crippen LogP contribution in [-0.4, -0.2) is 14.2 Å². The van der Waals surface area contributed by atoms with Gasteiger partial charge in [-0.05, 0) is 29.0 Å². The molecule has 0 atom stereocenters. The second-order valence-corrected chi connectivity index (χ2v) is 7.95. The third-order valence-electron chi connectivity index (χ3n) is 2.48. The molecule has 0 radical (unpaired) electrons. The Labute approximate surface area is 106 Å². The minimum absolute atomic E-state index is 0.178. The molecule has 0 fully saturated rings. The van der Waals surface area contributed by atoms with Gasteiger partial charge >= 0.3 is 0 Å². The highest BCUT2D eigenvalue weighted by Crippen LogP contribution is 2.25. The van der Waals surface area contributed by atoms with Gasteiger partial charge in [0.15, 0.2) is 0 Å². The number of hydrogen-bond donors (Lipinski definition) is 0. The topological polar surface area (TPSA) is 34.1 Å². The van der Waals surface area contributed by atoms with Crippen LogP contribution < -0.4 is 0 Å². The third kappa shape index (κ3) is 4.64. The van der Waals surface area contributed by atoms with Crippen LogP contribution in [0.25, 0.3) is 0 Å². The summed E-state index contributed by atoms with van der Waals surface area (Å²) in [4.78, 5) is 0. The Morgan fingerprint density at radius 2 is 1.88 bits per heavy atom. The largest absolute Gasteiger partial charge is 0.232 e. The second kappa shape index (κ2) is 4.94. The minimum Gasteiger partial charge on any atom is -0.212 e. The smallest absolute Gasteiger partial charge is 0.212 e. The molecule has 0 heterocycles. The summed E-state index contributed by atoms with van der Waals surface area (Å²) in [6, 6.07) is 4.82. The highest BCUT2D eigenvalue weighted by molar-refractivity contribution is 8.13. The average molecular weight is 279 g/mol. The van der Waals surface area contributed by atoms with E-state index in [1.54, 1.807) is 12.1 Å². The highest BCUT2D eigenvalue weighted by Gasteiger charge is 2.18. The van der Waals surface area contributed by atoms with Crippen molar-refractivity contribution in [2.45, 2.75) is 32.6 Å². The lowest BCUT2D eigenvalue weighted by molar-refractivity contribution is 0.522. The average Bonchev–Trinajstić information content (AvgIpc) is 2.11. The van der Waals surface area contributed by atoms with E-state index in [0.29, 0.717) is 11.1 Å². The predicted molar refractivity (Wildman–Crippen MR) is 68.4 cm³/mol. The summed E-state index contributed by atoms with van der Waals surface area (Å²) in [5.41, 5.74) is 0.996. The van der Waals surface area contributed by atoms with Crippen LogP contribution in [0.5, 0.6) is 0 Å². The van der Waals surface area contributed by atoms with E-state index in [1.165, 1.54) is 6.07 Å². The van der Waals surface area contributed by atoms with Gasteiger partial charge in [0.1, 0.15) is 5.82 Å². The van der Waals surface area contributed by atoms with E-state index in [1.807, 2.05) is 20.8 Å². The number of halogens is 2. The lowest BCUT2D eigenvalue weighted by Gasteiger charge is -2.20. The first-order valence-electron chi connectivity index (χ1n) is 5.31. The molecule has 2 nitrogen and oxygen atoms in total. The fourth-order valence-corrected chi connectivity index (χ4v) is 2.27. The van der Waals surface area contributed by atoms with Gasteiger partial charge in [-0.1, -0.05) is 32.9 Å². The Morgan fingerprint density at radius 3 is 2.29 bits per heavy atom. The molecule has 0 aliphatic heterocycles. The molecule has 1 aromatic carbocycles. The summed E-state index contributed by atoms with van der Waals surface area (Å²) in [6.07, 6.45) is 0.229. The lowest BCUT2D eigenvalue weighted by atomic mass is 9.86. The Hall–Kier alpha value is -0.610. The number of rotatable bonds is 3. The van der Waals surface area contributed by atoms with E-state index in [9.17, 15) is 12.8 Å². The molecule has 1 rings (SSSR count). The predicted octanol–water partition coefficient (Wildman–Crippen LogP) is 3.23. The molecule has 0 aliphatic carbocycles. The Kier molecular flexibility index (Phi) is 4.20. The Morgan fingerprint density at radius 1 is 1.29 bits per heavy atom. The van der Waals surface area contributed by atoms with E-state index < -0.39 is 9.05 Å². The molecule has 0 saturated carbocycles. The molecule has 0 amide bonds. The highest BCUT2D eigenvalue weighted by atomic mass is 35.7. The maximum Gasteiger partial charge on any atom is 0.232 e. The van der Waals surface area contributed by atoms with Crippen LogP contribution in [0.4, 0.5) is 4.39 Å². The van der Waals surface area contributed by atoms with Crippen molar-refractivity contribution < 1.29 is 12.8 Å². The minimum atomic E-state index is -3.52. The number of aryl methyl sites for hydroxylation is 1. The van der Waals surface area contributed by atoms with Crippen molar-refractivity contribution in [1.82, 2.24) is 0 Å². The van der Waals surface area contributed by atoms with Crippen LogP contribution in [0.1, 0.15) is 31.9 Å². The quantitative estimate of drug-likeness (QED) is 0.796. The van der Waals surface area contributed by atoms with Crippen LogP contribution >= 0.6 is 10.7 Å². The zero-order chi connectivity index (χ0) is 13.3. The van der Waals surface area contributed by atoms with Gasteiger partial charge in [0.05, 0.1) is 5.75 Å². The van der Waals surface area contributed by atoms with Crippen LogP contribution in [-0.2, 0) is 20.9 Å². The first kappa shape index (κ1) is 14.5. The Balaban J connectivity index is 2.90. The molecule has 0 N–H and O–H groups in total. The van der Waals surface area contributed by atoms with E-state index in [4.69, 9.17) is 10.7 Å². The SMILES string of the molecule is CC(C)(C)c1ccc(CCS(=O)(=O)Cl)cc1F. The van der Waals surface area contributed by atoms with Crippen molar-refractivity contribution in [3.63, 3.8) is 0 Å². The summed E-state index contributed by atoms with van der Waals surface area (Å²) in [6.45, 7) is 5.77. The van der Waals surface area contributed by atoms with Gasteiger partial charge in [-0.2, -0.15) is 0 Å². The molecule has 5 heteroatoms. The summed E-state index contributed by atoms with van der Waals surface area (Å²) < 4.78 is 35.4. The van der Waals surface area contributed by atoms with Crippen molar-refractivity contribution in [1.29, 1.82) is 0 Å². The third-order valence-corrected chi connectivity index (χ3v) is 3.63. The van der Waals surface area contributed by atoms with E-state index in [0.717, 1.165) is 0 Å². The van der Waals surface area contributed by atoms with Gasteiger partial charge in [0.2, 0.25) is 9.05 Å². The molecule has 0 bridgehead atoms. The van der Waals surface area contributed by atoms with Gasteiger partial charge in [0, 0.05) is 10.7 Å². The van der Waals surface area contributed by atoms with Gasteiger partial charge in [-0.3, -0.25) is 0 Å². The van der Waals surface area contributed by atoms with Crippen LogP contribution in [0.3, 0.4) is 0 Å². The van der Waals surface area contributed by atoms with Crippen LogP contribution in [0.2, 0.25) is 0 Å². The molecule has 0 saturated heterocycles. The normalized spacial score (nSPS) is 12.8. The van der Waals surface area contributed by atoms with Crippen molar-refractivity contribution in [2.75, 3.05) is 5.75 Å². The Bertz CT molecular complexity index is 504. The fraction of sp³-hybridized carbons (Fsp3) is 0.500. The van der Waals surface area contributed by atoms with Crippen molar-refractivity contribution >= 4 is 19.7 Å². The first-order valence-corrected chi connectivity index (χ1v) is 7.79. The zero-order valence-electron chi connectivity index (χ0n) is 10.1. The van der Waals surface area contributed by atoms with Gasteiger partial charge < -0.3 is 0 Å². The monoisotopic (exact) mass is 278 g/mol. The number of hydrogen-bond acceptors (Lipinski definition) is 2. The molecule has 96 valence electrons. The van der Waals surface area contributed by atoms with Crippen molar-refractivity contribution in [3.8, 4) is 0 Å². The van der Waals surface area contributed by atoms with Gasteiger partial charge in [-0.25, -0.2) is 12.8 Å². The summed E-state index contributed by atoms with van der Waals surface area (Å²) in [7, 11) is 1.58. The van der Waals surface area contributed by atoms with Crippen molar-refractivity contribution in [2.24, 2.45) is 0 Å². The van der Waals surface area contributed by atoms with Crippen LogP contribution in [0.15, 0.2) is 18.2 Å². The molecule has 0 unspecified atom stereocenters. The summed E-state index contributed by atoms with van der Waals surface area (Å²) in [5, 5.41) is 0. The van der Waals surface area contributed by atoms with Gasteiger partial charge in [-0.15, -0.1) is 0 Å². The molecular weight excluding hydrogens is 263 g/mol. The molecule has 0 spiro atoms. The summed E-state index contributed by atoms with van der Waals surface area (Å²) in [5.74, 6) is -0.481. The van der Waals surface area contributed by atoms with E-state index in [-0.39, 0.29) is 23.4 Å².